The maximum absolute atomic E-state index is 12.5. The lowest BCUT2D eigenvalue weighted by Crippen LogP contribution is -2.31. The number of fused-ring (bicyclic) bond motifs is 1. The molecule has 1 aliphatic heterocycles. The van der Waals surface area contributed by atoms with Crippen molar-refractivity contribution in [2.45, 2.75) is 23.0 Å². The number of aryl methyl sites for hydroxylation is 1. The highest BCUT2D eigenvalue weighted by molar-refractivity contribution is 7.94. The molecular weight excluding hydrogens is 240 g/mol. The Morgan fingerprint density at radius 2 is 2.18 bits per heavy atom. The SMILES string of the molecule is Cc1cccc(S(=O)(=O)[C@]23C[C@H]2COC3=O)c1. The largest absolute Gasteiger partial charge is 0.464 e. The molecule has 2 atom stereocenters. The van der Waals surface area contributed by atoms with Crippen LogP contribution in [-0.2, 0) is 19.4 Å². The number of hydrogen-bond acceptors (Lipinski definition) is 4. The molecule has 0 unspecified atom stereocenters. The molecule has 0 bridgehead atoms. The van der Waals surface area contributed by atoms with Crippen LogP contribution in [0.15, 0.2) is 29.2 Å². The Kier molecular flexibility index (Phi) is 1.96. The lowest BCUT2D eigenvalue weighted by Gasteiger charge is -2.11. The molecular formula is C12H12O4S. The molecule has 0 N–H and O–H groups in total. The molecule has 3 rings (SSSR count). The molecule has 5 heteroatoms. The molecule has 17 heavy (non-hydrogen) atoms. The van der Waals surface area contributed by atoms with E-state index in [2.05, 4.69) is 0 Å². The molecule has 1 saturated carbocycles. The van der Waals surface area contributed by atoms with Gasteiger partial charge in [-0.2, -0.15) is 0 Å². The molecule has 0 aromatic heterocycles. The highest BCUT2D eigenvalue weighted by Gasteiger charge is 2.74. The van der Waals surface area contributed by atoms with Gasteiger partial charge in [-0.15, -0.1) is 0 Å². The van der Waals surface area contributed by atoms with Crippen molar-refractivity contribution < 1.29 is 17.9 Å². The summed E-state index contributed by atoms with van der Waals surface area (Å²) < 4.78 is 28.5. The molecule has 1 aliphatic carbocycles. The Morgan fingerprint density at radius 3 is 2.71 bits per heavy atom. The van der Waals surface area contributed by atoms with E-state index in [9.17, 15) is 13.2 Å². The monoisotopic (exact) mass is 252 g/mol. The minimum atomic E-state index is -3.61. The van der Waals surface area contributed by atoms with E-state index in [1.807, 2.05) is 13.0 Å². The van der Waals surface area contributed by atoms with Crippen molar-refractivity contribution in [3.8, 4) is 0 Å². The van der Waals surface area contributed by atoms with Crippen molar-refractivity contribution in [2.75, 3.05) is 6.61 Å². The molecule has 90 valence electrons. The van der Waals surface area contributed by atoms with E-state index < -0.39 is 20.6 Å². The summed E-state index contributed by atoms with van der Waals surface area (Å²) in [5, 5.41) is 0. The van der Waals surface area contributed by atoms with Crippen LogP contribution < -0.4 is 0 Å². The summed E-state index contributed by atoms with van der Waals surface area (Å²) in [4.78, 5) is 11.9. The maximum Gasteiger partial charge on any atom is 0.328 e. The highest BCUT2D eigenvalue weighted by Crippen LogP contribution is 2.57. The number of rotatable bonds is 2. The Morgan fingerprint density at radius 1 is 1.41 bits per heavy atom. The summed E-state index contributed by atoms with van der Waals surface area (Å²) in [6.07, 6.45) is 0.405. The number of ether oxygens (including phenoxy) is 1. The summed E-state index contributed by atoms with van der Waals surface area (Å²) in [5.74, 6) is -0.732. The van der Waals surface area contributed by atoms with Crippen molar-refractivity contribution >= 4 is 15.8 Å². The van der Waals surface area contributed by atoms with Gasteiger partial charge in [0.25, 0.3) is 0 Å². The first-order valence-electron chi connectivity index (χ1n) is 5.47. The van der Waals surface area contributed by atoms with Gasteiger partial charge in [-0.3, -0.25) is 4.79 Å². The van der Waals surface area contributed by atoms with E-state index in [0.717, 1.165) is 5.56 Å². The van der Waals surface area contributed by atoms with Crippen LogP contribution in [0.1, 0.15) is 12.0 Å². The molecule has 4 nitrogen and oxygen atoms in total. The van der Waals surface area contributed by atoms with Gasteiger partial charge in [-0.25, -0.2) is 8.42 Å². The van der Waals surface area contributed by atoms with E-state index in [0.29, 0.717) is 6.42 Å². The van der Waals surface area contributed by atoms with Gasteiger partial charge in [0.2, 0.25) is 0 Å². The van der Waals surface area contributed by atoms with Crippen molar-refractivity contribution in [3.63, 3.8) is 0 Å². The average Bonchev–Trinajstić information content (AvgIpc) is 2.95. The van der Waals surface area contributed by atoms with Gasteiger partial charge in [0.15, 0.2) is 14.6 Å². The molecule has 1 saturated heterocycles. The van der Waals surface area contributed by atoms with Gasteiger partial charge in [-0.1, -0.05) is 12.1 Å². The second kappa shape index (κ2) is 3.10. The molecule has 1 aromatic rings. The summed E-state index contributed by atoms with van der Waals surface area (Å²) >= 11 is 0. The third-order valence-electron chi connectivity index (χ3n) is 3.59. The Labute approximate surface area is 99.5 Å². The summed E-state index contributed by atoms with van der Waals surface area (Å²) in [7, 11) is -3.61. The van der Waals surface area contributed by atoms with Gasteiger partial charge < -0.3 is 4.74 Å². The van der Waals surface area contributed by atoms with Crippen molar-refractivity contribution in [2.24, 2.45) is 5.92 Å². The Hall–Kier alpha value is -1.36. The zero-order valence-electron chi connectivity index (χ0n) is 9.34. The van der Waals surface area contributed by atoms with Gasteiger partial charge in [0, 0.05) is 5.92 Å². The third-order valence-corrected chi connectivity index (χ3v) is 6.09. The minimum Gasteiger partial charge on any atom is -0.464 e. The van der Waals surface area contributed by atoms with Crippen LogP contribution >= 0.6 is 0 Å². The van der Waals surface area contributed by atoms with Crippen molar-refractivity contribution in [1.82, 2.24) is 0 Å². The number of cyclic esters (lactones) is 1. The summed E-state index contributed by atoms with van der Waals surface area (Å²) in [5.41, 5.74) is 0.867. The average molecular weight is 252 g/mol. The Bertz CT molecular complexity index is 605. The molecule has 0 spiro atoms. The second-order valence-electron chi connectivity index (χ2n) is 4.71. The number of sulfone groups is 1. The topological polar surface area (TPSA) is 60.4 Å². The minimum absolute atomic E-state index is 0.152. The predicted molar refractivity (Wildman–Crippen MR) is 60.2 cm³/mol. The van der Waals surface area contributed by atoms with Crippen molar-refractivity contribution in [1.29, 1.82) is 0 Å². The van der Waals surface area contributed by atoms with Crippen LogP contribution in [0.3, 0.4) is 0 Å². The van der Waals surface area contributed by atoms with Crippen molar-refractivity contribution in [3.05, 3.63) is 29.8 Å². The lowest BCUT2D eigenvalue weighted by atomic mass is 10.2. The first-order valence-corrected chi connectivity index (χ1v) is 6.95. The quantitative estimate of drug-likeness (QED) is 0.739. The molecule has 0 radical (unpaired) electrons. The smallest absolute Gasteiger partial charge is 0.328 e. The van der Waals surface area contributed by atoms with Crippen LogP contribution in [0.5, 0.6) is 0 Å². The molecule has 0 amide bonds. The van der Waals surface area contributed by atoms with E-state index in [4.69, 9.17) is 4.74 Å². The van der Waals surface area contributed by atoms with Gasteiger partial charge in [-0.05, 0) is 31.0 Å². The third kappa shape index (κ3) is 1.23. The Balaban J connectivity index is 2.12. The van der Waals surface area contributed by atoms with E-state index in [1.54, 1.807) is 12.1 Å². The number of carbonyl (C=O) groups excluding carboxylic acids is 1. The van der Waals surface area contributed by atoms with E-state index in [-0.39, 0.29) is 17.4 Å². The number of benzene rings is 1. The molecule has 2 aliphatic rings. The molecule has 1 aromatic carbocycles. The fourth-order valence-corrected chi connectivity index (χ4v) is 4.71. The van der Waals surface area contributed by atoms with Gasteiger partial charge in [0.1, 0.15) is 0 Å². The van der Waals surface area contributed by atoms with Crippen LogP contribution in [0.25, 0.3) is 0 Å². The fraction of sp³-hybridized carbons (Fsp3) is 0.417. The van der Waals surface area contributed by atoms with Crippen LogP contribution in [0, 0.1) is 12.8 Å². The zero-order chi connectivity index (χ0) is 12.3. The predicted octanol–water partition coefficient (Wildman–Crippen LogP) is 1.08. The standard InChI is InChI=1S/C12H12O4S/c1-8-3-2-4-10(5-8)17(14,15)12-6-9(12)7-16-11(12)13/h2-5,9H,6-7H2,1H3/t9-,12+/m0/s1. The highest BCUT2D eigenvalue weighted by atomic mass is 32.2. The van der Waals surface area contributed by atoms with E-state index >= 15 is 0 Å². The van der Waals surface area contributed by atoms with Crippen LogP contribution in [0.2, 0.25) is 0 Å². The normalized spacial score (nSPS) is 30.9. The second-order valence-corrected chi connectivity index (χ2v) is 6.92. The van der Waals surface area contributed by atoms with E-state index in [1.165, 1.54) is 6.07 Å². The zero-order valence-corrected chi connectivity index (χ0v) is 10.2. The van der Waals surface area contributed by atoms with Gasteiger partial charge >= 0.3 is 5.97 Å². The lowest BCUT2D eigenvalue weighted by molar-refractivity contribution is -0.140. The molecule has 1 heterocycles. The summed E-state index contributed by atoms with van der Waals surface area (Å²) in [6.45, 7) is 2.07. The number of esters is 1. The number of hydrogen-bond donors (Lipinski definition) is 0. The molecule has 2 fully saturated rings. The maximum atomic E-state index is 12.5. The van der Waals surface area contributed by atoms with Gasteiger partial charge in [0.05, 0.1) is 11.5 Å². The fourth-order valence-electron chi connectivity index (χ4n) is 2.48. The number of carbonyl (C=O) groups is 1. The first-order chi connectivity index (χ1) is 7.98. The van der Waals surface area contributed by atoms with Crippen LogP contribution in [0.4, 0.5) is 0 Å². The summed E-state index contributed by atoms with van der Waals surface area (Å²) in [6, 6.07) is 6.66. The van der Waals surface area contributed by atoms with Crippen LogP contribution in [-0.4, -0.2) is 25.7 Å². The first kappa shape index (κ1) is 10.8.